The van der Waals surface area contributed by atoms with Crippen molar-refractivity contribution in [1.82, 2.24) is 5.32 Å². The molecule has 1 aromatic carbocycles. The van der Waals surface area contributed by atoms with Gasteiger partial charge in [-0.3, -0.25) is 9.59 Å². The quantitative estimate of drug-likeness (QED) is 0.814. The van der Waals surface area contributed by atoms with Crippen LogP contribution in [-0.4, -0.2) is 24.2 Å². The lowest BCUT2D eigenvalue weighted by molar-refractivity contribution is -0.126. The van der Waals surface area contributed by atoms with E-state index >= 15 is 0 Å². The van der Waals surface area contributed by atoms with Gasteiger partial charge >= 0.3 is 0 Å². The Balaban J connectivity index is 2.52. The highest BCUT2D eigenvalue weighted by molar-refractivity contribution is 6.19. The van der Waals surface area contributed by atoms with E-state index in [1.54, 1.807) is 6.92 Å². The molecule has 0 spiro atoms. The third kappa shape index (κ3) is 4.56. The first-order valence-corrected chi connectivity index (χ1v) is 6.69. The normalized spacial score (nSPS) is 11.8. The van der Waals surface area contributed by atoms with Crippen LogP contribution in [0.4, 0.5) is 5.69 Å². The molecule has 0 aromatic heterocycles. The smallest absolute Gasteiger partial charge is 0.243 e. The Morgan fingerprint density at radius 3 is 2.63 bits per heavy atom. The van der Waals surface area contributed by atoms with Crippen LogP contribution < -0.4 is 10.6 Å². The summed E-state index contributed by atoms with van der Waals surface area (Å²) in [5, 5.41) is 5.33. The van der Waals surface area contributed by atoms with Crippen LogP contribution in [0.25, 0.3) is 0 Å². The molecule has 0 saturated heterocycles. The Morgan fingerprint density at radius 1 is 1.32 bits per heavy atom. The molecule has 1 rings (SSSR count). The monoisotopic (exact) mass is 282 g/mol. The van der Waals surface area contributed by atoms with Gasteiger partial charge in [0.05, 0.1) is 6.54 Å². The van der Waals surface area contributed by atoms with Gasteiger partial charge in [0.15, 0.2) is 0 Å². The van der Waals surface area contributed by atoms with Gasteiger partial charge in [-0.2, -0.15) is 0 Å². The maximum Gasteiger partial charge on any atom is 0.243 e. The molecule has 1 aromatic rings. The largest absolute Gasteiger partial charge is 0.347 e. The zero-order valence-electron chi connectivity index (χ0n) is 11.4. The third-order valence-corrected chi connectivity index (χ3v) is 3.44. The summed E-state index contributed by atoms with van der Waals surface area (Å²) >= 11 is 5.57. The maximum absolute atomic E-state index is 11.7. The minimum atomic E-state index is -0.296. The summed E-state index contributed by atoms with van der Waals surface area (Å²) in [6, 6.07) is 5.70. The van der Waals surface area contributed by atoms with Gasteiger partial charge in [0.25, 0.3) is 0 Å². The average molecular weight is 283 g/mol. The van der Waals surface area contributed by atoms with Crippen LogP contribution in [0.1, 0.15) is 18.1 Å². The molecule has 1 atom stereocenters. The number of halogens is 1. The molecular formula is C14H19ClN2O2. The predicted molar refractivity (Wildman–Crippen MR) is 77.4 cm³/mol. The van der Waals surface area contributed by atoms with Gasteiger partial charge < -0.3 is 10.6 Å². The Labute approximate surface area is 118 Å². The van der Waals surface area contributed by atoms with Gasteiger partial charge in [-0.1, -0.05) is 19.1 Å². The molecule has 0 aliphatic heterocycles. The van der Waals surface area contributed by atoms with Gasteiger partial charge in [-0.15, -0.1) is 11.6 Å². The van der Waals surface area contributed by atoms with E-state index in [-0.39, 0.29) is 30.2 Å². The Bertz CT molecular complexity index is 475. The van der Waals surface area contributed by atoms with Crippen LogP contribution in [0, 0.1) is 19.8 Å². The standard InChI is InChI=1S/C14H19ClN2O2/c1-9-5-4-6-12(11(9)3)17-13(18)8-16-14(19)10(2)7-15/h4-6,10H,7-8H2,1-3H3,(H,16,19)(H,17,18). The van der Waals surface area contributed by atoms with Gasteiger partial charge in [0.2, 0.25) is 11.8 Å². The lowest BCUT2D eigenvalue weighted by Gasteiger charge is -2.12. The molecule has 4 nitrogen and oxygen atoms in total. The van der Waals surface area contributed by atoms with Crippen LogP contribution in [0.15, 0.2) is 18.2 Å². The minimum absolute atomic E-state index is 0.0482. The van der Waals surface area contributed by atoms with E-state index in [1.807, 2.05) is 32.0 Å². The number of aryl methyl sites for hydroxylation is 1. The number of benzene rings is 1. The number of carbonyl (C=O) groups excluding carboxylic acids is 2. The fraction of sp³-hybridized carbons (Fsp3) is 0.429. The first-order chi connectivity index (χ1) is 8.95. The summed E-state index contributed by atoms with van der Waals surface area (Å²) in [4.78, 5) is 23.2. The molecule has 0 bridgehead atoms. The minimum Gasteiger partial charge on any atom is -0.347 e. The van der Waals surface area contributed by atoms with Gasteiger partial charge in [-0.25, -0.2) is 0 Å². The average Bonchev–Trinajstić information content (AvgIpc) is 2.40. The molecular weight excluding hydrogens is 264 g/mol. The van der Waals surface area contributed by atoms with Crippen molar-refractivity contribution in [3.63, 3.8) is 0 Å². The summed E-state index contributed by atoms with van der Waals surface area (Å²) < 4.78 is 0. The van der Waals surface area contributed by atoms with E-state index in [0.717, 1.165) is 16.8 Å². The molecule has 0 saturated carbocycles. The molecule has 0 heterocycles. The van der Waals surface area contributed by atoms with Crippen molar-refractivity contribution < 1.29 is 9.59 Å². The van der Waals surface area contributed by atoms with Crippen LogP contribution >= 0.6 is 11.6 Å². The Morgan fingerprint density at radius 2 is 2.00 bits per heavy atom. The number of nitrogens with one attached hydrogen (secondary N) is 2. The van der Waals surface area contributed by atoms with Gasteiger partial charge in [-0.05, 0) is 31.0 Å². The van der Waals surface area contributed by atoms with Crippen molar-refractivity contribution >= 4 is 29.1 Å². The summed E-state index contributed by atoms with van der Waals surface area (Å²) in [6.45, 7) is 5.59. The Kier molecular flexibility index (Phi) is 5.83. The molecule has 19 heavy (non-hydrogen) atoms. The number of hydrogen-bond acceptors (Lipinski definition) is 2. The van der Waals surface area contributed by atoms with E-state index in [4.69, 9.17) is 11.6 Å². The van der Waals surface area contributed by atoms with Gasteiger partial charge in [0.1, 0.15) is 0 Å². The number of hydrogen-bond donors (Lipinski definition) is 2. The number of amides is 2. The summed E-state index contributed by atoms with van der Waals surface area (Å²) in [6.07, 6.45) is 0. The van der Waals surface area contributed by atoms with Gasteiger partial charge in [0, 0.05) is 17.5 Å². The van der Waals surface area contributed by atoms with E-state index in [1.165, 1.54) is 0 Å². The fourth-order valence-corrected chi connectivity index (χ4v) is 1.63. The number of rotatable bonds is 5. The van der Waals surface area contributed by atoms with Crippen LogP contribution in [0.3, 0.4) is 0 Å². The zero-order valence-corrected chi connectivity index (χ0v) is 12.2. The van der Waals surface area contributed by atoms with E-state index < -0.39 is 0 Å². The molecule has 0 radical (unpaired) electrons. The topological polar surface area (TPSA) is 58.2 Å². The number of anilines is 1. The molecule has 0 aliphatic carbocycles. The molecule has 0 fully saturated rings. The highest BCUT2D eigenvalue weighted by atomic mass is 35.5. The highest BCUT2D eigenvalue weighted by Crippen LogP contribution is 2.17. The molecule has 2 amide bonds. The van der Waals surface area contributed by atoms with E-state index in [0.29, 0.717) is 0 Å². The summed E-state index contributed by atoms with van der Waals surface area (Å²) in [5.41, 5.74) is 2.90. The van der Waals surface area contributed by atoms with E-state index in [2.05, 4.69) is 10.6 Å². The van der Waals surface area contributed by atoms with E-state index in [9.17, 15) is 9.59 Å². The van der Waals surface area contributed by atoms with Crippen molar-refractivity contribution in [2.75, 3.05) is 17.7 Å². The first-order valence-electron chi connectivity index (χ1n) is 6.15. The van der Waals surface area contributed by atoms with Crippen molar-refractivity contribution in [2.45, 2.75) is 20.8 Å². The predicted octanol–water partition coefficient (Wildman–Crippen LogP) is 2.23. The van der Waals surface area contributed by atoms with Crippen LogP contribution in [-0.2, 0) is 9.59 Å². The summed E-state index contributed by atoms with van der Waals surface area (Å²) in [7, 11) is 0. The second-order valence-corrected chi connectivity index (χ2v) is 4.88. The van der Waals surface area contributed by atoms with Crippen molar-refractivity contribution in [3.8, 4) is 0 Å². The Hall–Kier alpha value is -1.55. The molecule has 5 heteroatoms. The van der Waals surface area contributed by atoms with Crippen molar-refractivity contribution in [3.05, 3.63) is 29.3 Å². The summed E-state index contributed by atoms with van der Waals surface area (Å²) in [5.74, 6) is -0.519. The van der Waals surface area contributed by atoms with Crippen molar-refractivity contribution in [2.24, 2.45) is 5.92 Å². The first kappa shape index (κ1) is 15.5. The maximum atomic E-state index is 11.7. The zero-order chi connectivity index (χ0) is 14.4. The lowest BCUT2D eigenvalue weighted by atomic mass is 10.1. The second-order valence-electron chi connectivity index (χ2n) is 4.57. The third-order valence-electron chi connectivity index (χ3n) is 2.98. The van der Waals surface area contributed by atoms with Crippen molar-refractivity contribution in [1.29, 1.82) is 0 Å². The lowest BCUT2D eigenvalue weighted by Crippen LogP contribution is -2.36. The number of carbonyl (C=O) groups is 2. The molecule has 1 unspecified atom stereocenters. The second kappa shape index (κ2) is 7.14. The molecule has 0 aliphatic rings. The fourth-order valence-electron chi connectivity index (χ4n) is 1.49. The SMILES string of the molecule is Cc1cccc(NC(=O)CNC(=O)C(C)CCl)c1C. The van der Waals surface area contributed by atoms with Crippen LogP contribution in [0.5, 0.6) is 0 Å². The molecule has 2 N–H and O–H groups in total. The van der Waals surface area contributed by atoms with Crippen LogP contribution in [0.2, 0.25) is 0 Å². The highest BCUT2D eigenvalue weighted by Gasteiger charge is 2.13. The molecule has 104 valence electrons. The number of alkyl halides is 1.